The molecule has 1 aromatic heterocycles. The van der Waals surface area contributed by atoms with E-state index in [0.717, 1.165) is 24.0 Å². The highest BCUT2D eigenvalue weighted by Gasteiger charge is 2.08. The van der Waals surface area contributed by atoms with E-state index in [9.17, 15) is 4.79 Å². The maximum absolute atomic E-state index is 10.5. The van der Waals surface area contributed by atoms with Gasteiger partial charge in [0.05, 0.1) is 12.8 Å². The molecule has 0 aliphatic carbocycles. The summed E-state index contributed by atoms with van der Waals surface area (Å²) in [5, 5.41) is 0. The molecule has 0 saturated carbocycles. The molecule has 4 heteroatoms. The topological polar surface area (TPSA) is 52.1 Å². The van der Waals surface area contributed by atoms with E-state index in [-0.39, 0.29) is 0 Å². The van der Waals surface area contributed by atoms with Gasteiger partial charge in [0.25, 0.3) is 0 Å². The van der Waals surface area contributed by atoms with Gasteiger partial charge >= 0.3 is 6.01 Å². The Balaban J connectivity index is 2.98. The molecule has 0 atom stereocenters. The first-order chi connectivity index (χ1) is 7.17. The molecule has 0 aromatic carbocycles. The van der Waals surface area contributed by atoms with Crippen molar-refractivity contribution in [3.63, 3.8) is 0 Å². The van der Waals surface area contributed by atoms with Gasteiger partial charge in [-0.05, 0) is 17.9 Å². The highest BCUT2D eigenvalue weighted by molar-refractivity contribution is 5.55. The van der Waals surface area contributed by atoms with E-state index < -0.39 is 0 Å². The Labute approximate surface area is 89.7 Å². The lowest BCUT2D eigenvalue weighted by molar-refractivity contribution is -0.107. The number of carbonyl (C=O) groups is 1. The number of rotatable bonds is 5. The number of hydrogen-bond acceptors (Lipinski definition) is 4. The van der Waals surface area contributed by atoms with Crippen LogP contribution >= 0.6 is 0 Å². The van der Waals surface area contributed by atoms with Crippen LogP contribution in [-0.2, 0) is 17.6 Å². The number of ether oxygens (including phenoxy) is 1. The van der Waals surface area contributed by atoms with Crippen LogP contribution in [0.25, 0.3) is 0 Å². The molecule has 1 rings (SSSR count). The summed E-state index contributed by atoms with van der Waals surface area (Å²) in [6.45, 7) is 4.22. The fraction of sp³-hybridized carbons (Fsp3) is 0.545. The predicted molar refractivity (Wildman–Crippen MR) is 56.9 cm³/mol. The SMILES string of the molecule is COc1ncc(CC=O)c(CC(C)C)n1. The van der Waals surface area contributed by atoms with Crippen LogP contribution in [0.2, 0.25) is 0 Å². The minimum Gasteiger partial charge on any atom is -0.467 e. The van der Waals surface area contributed by atoms with Crippen molar-refractivity contribution in [1.82, 2.24) is 9.97 Å². The van der Waals surface area contributed by atoms with Crippen molar-refractivity contribution in [3.05, 3.63) is 17.5 Å². The molecule has 0 spiro atoms. The van der Waals surface area contributed by atoms with Crippen LogP contribution in [0.5, 0.6) is 6.01 Å². The quantitative estimate of drug-likeness (QED) is 0.687. The molecule has 4 nitrogen and oxygen atoms in total. The molecular weight excluding hydrogens is 192 g/mol. The van der Waals surface area contributed by atoms with Crippen molar-refractivity contribution in [3.8, 4) is 6.01 Å². The first-order valence-electron chi connectivity index (χ1n) is 4.99. The normalized spacial score (nSPS) is 10.4. The van der Waals surface area contributed by atoms with Crippen LogP contribution in [0.15, 0.2) is 6.20 Å². The Morgan fingerprint density at radius 2 is 2.27 bits per heavy atom. The summed E-state index contributed by atoms with van der Waals surface area (Å²) in [7, 11) is 1.54. The van der Waals surface area contributed by atoms with E-state index in [1.54, 1.807) is 6.20 Å². The summed E-state index contributed by atoms with van der Waals surface area (Å²) < 4.78 is 4.96. The van der Waals surface area contributed by atoms with E-state index in [1.165, 1.54) is 7.11 Å². The Hall–Kier alpha value is -1.45. The van der Waals surface area contributed by atoms with Crippen LogP contribution in [0.4, 0.5) is 0 Å². The standard InChI is InChI=1S/C11H16N2O2/c1-8(2)6-10-9(4-5-14)7-12-11(13-10)15-3/h5,7-8H,4,6H2,1-3H3. The van der Waals surface area contributed by atoms with Gasteiger partial charge < -0.3 is 9.53 Å². The van der Waals surface area contributed by atoms with Crippen molar-refractivity contribution in [2.24, 2.45) is 5.92 Å². The van der Waals surface area contributed by atoms with Gasteiger partial charge in [0.15, 0.2) is 0 Å². The van der Waals surface area contributed by atoms with E-state index in [1.807, 2.05) is 0 Å². The molecular formula is C11H16N2O2. The van der Waals surface area contributed by atoms with Crippen LogP contribution in [0, 0.1) is 5.92 Å². The third kappa shape index (κ3) is 3.31. The third-order valence-corrected chi connectivity index (χ3v) is 2.02. The molecule has 0 fully saturated rings. The fourth-order valence-corrected chi connectivity index (χ4v) is 1.35. The van der Waals surface area contributed by atoms with Gasteiger partial charge in [-0.1, -0.05) is 13.8 Å². The highest BCUT2D eigenvalue weighted by Crippen LogP contribution is 2.13. The number of nitrogens with zero attached hydrogens (tertiary/aromatic N) is 2. The number of hydrogen-bond donors (Lipinski definition) is 0. The lowest BCUT2D eigenvalue weighted by Crippen LogP contribution is -2.06. The van der Waals surface area contributed by atoms with Crippen molar-refractivity contribution >= 4 is 6.29 Å². The summed E-state index contributed by atoms with van der Waals surface area (Å²) in [5.74, 6) is 0.495. The monoisotopic (exact) mass is 208 g/mol. The summed E-state index contributed by atoms with van der Waals surface area (Å²) >= 11 is 0. The lowest BCUT2D eigenvalue weighted by atomic mass is 10.0. The maximum atomic E-state index is 10.5. The number of aldehydes is 1. The summed E-state index contributed by atoms with van der Waals surface area (Å²) in [4.78, 5) is 18.7. The van der Waals surface area contributed by atoms with Crippen molar-refractivity contribution in [2.75, 3.05) is 7.11 Å². The van der Waals surface area contributed by atoms with Crippen LogP contribution in [-0.4, -0.2) is 23.4 Å². The number of aromatic nitrogens is 2. The van der Waals surface area contributed by atoms with Gasteiger partial charge in [0.1, 0.15) is 6.29 Å². The first-order valence-corrected chi connectivity index (χ1v) is 4.99. The van der Waals surface area contributed by atoms with E-state index >= 15 is 0 Å². The number of methoxy groups -OCH3 is 1. The zero-order valence-corrected chi connectivity index (χ0v) is 9.36. The maximum Gasteiger partial charge on any atom is 0.316 e. The van der Waals surface area contributed by atoms with Crippen LogP contribution in [0.3, 0.4) is 0 Å². The zero-order valence-electron chi connectivity index (χ0n) is 9.36. The second kappa shape index (κ2) is 5.44. The van der Waals surface area contributed by atoms with E-state index in [4.69, 9.17) is 4.74 Å². The Morgan fingerprint density at radius 3 is 2.80 bits per heavy atom. The molecule has 0 N–H and O–H groups in total. The largest absolute Gasteiger partial charge is 0.467 e. The Morgan fingerprint density at radius 1 is 1.53 bits per heavy atom. The molecule has 1 heterocycles. The van der Waals surface area contributed by atoms with Gasteiger partial charge in [-0.25, -0.2) is 4.98 Å². The molecule has 0 radical (unpaired) electrons. The third-order valence-electron chi connectivity index (χ3n) is 2.02. The molecule has 15 heavy (non-hydrogen) atoms. The van der Waals surface area contributed by atoms with E-state index in [0.29, 0.717) is 18.3 Å². The van der Waals surface area contributed by atoms with Gasteiger partial charge in [0, 0.05) is 12.6 Å². The van der Waals surface area contributed by atoms with Gasteiger partial charge in [-0.15, -0.1) is 0 Å². The minimum absolute atomic E-state index is 0.361. The summed E-state index contributed by atoms with van der Waals surface area (Å²) in [5.41, 5.74) is 1.79. The molecule has 0 amide bonds. The number of carbonyl (C=O) groups excluding carboxylic acids is 1. The molecule has 0 saturated heterocycles. The van der Waals surface area contributed by atoms with Crippen LogP contribution in [0.1, 0.15) is 25.1 Å². The predicted octanol–water partition coefficient (Wildman–Crippen LogP) is 1.43. The first kappa shape index (κ1) is 11.6. The molecule has 0 unspecified atom stereocenters. The molecule has 0 aliphatic rings. The summed E-state index contributed by atoms with van der Waals surface area (Å²) in [6, 6.07) is 0.361. The summed E-state index contributed by atoms with van der Waals surface area (Å²) in [6.07, 6.45) is 3.74. The fourth-order valence-electron chi connectivity index (χ4n) is 1.35. The van der Waals surface area contributed by atoms with Gasteiger partial charge in [0.2, 0.25) is 0 Å². The molecule has 82 valence electrons. The smallest absolute Gasteiger partial charge is 0.316 e. The Kier molecular flexibility index (Phi) is 4.21. The van der Waals surface area contributed by atoms with E-state index in [2.05, 4.69) is 23.8 Å². The van der Waals surface area contributed by atoms with Crippen LogP contribution < -0.4 is 4.74 Å². The molecule has 0 aliphatic heterocycles. The highest BCUT2D eigenvalue weighted by atomic mass is 16.5. The van der Waals surface area contributed by atoms with Gasteiger partial charge in [-0.3, -0.25) is 0 Å². The van der Waals surface area contributed by atoms with Gasteiger partial charge in [-0.2, -0.15) is 4.98 Å². The zero-order chi connectivity index (χ0) is 11.3. The second-order valence-electron chi connectivity index (χ2n) is 3.80. The van der Waals surface area contributed by atoms with Crippen molar-refractivity contribution in [2.45, 2.75) is 26.7 Å². The van der Waals surface area contributed by atoms with Crippen molar-refractivity contribution < 1.29 is 9.53 Å². The molecule has 1 aromatic rings. The minimum atomic E-state index is 0.361. The molecule has 0 bridgehead atoms. The average Bonchev–Trinajstić information content (AvgIpc) is 2.20. The Bertz CT molecular complexity index is 337. The van der Waals surface area contributed by atoms with Crippen molar-refractivity contribution in [1.29, 1.82) is 0 Å². The average molecular weight is 208 g/mol. The lowest BCUT2D eigenvalue weighted by Gasteiger charge is -2.09. The second-order valence-corrected chi connectivity index (χ2v) is 3.80.